The Morgan fingerprint density at radius 2 is 2.00 bits per heavy atom. The molecule has 1 unspecified atom stereocenters. The standard InChI is InChI=1S/C13H12/c1-3-11-9-8-10(2)12-6-4-5-7-13(11)12/h3-9,11H,1-2H2. The molecule has 0 heteroatoms. The second-order valence-electron chi connectivity index (χ2n) is 3.23. The van der Waals surface area contributed by atoms with Gasteiger partial charge in [0.25, 0.3) is 0 Å². The van der Waals surface area contributed by atoms with E-state index in [1.807, 2.05) is 12.1 Å². The van der Waals surface area contributed by atoms with Crippen LogP contribution in [0.3, 0.4) is 0 Å². The largest absolute Gasteiger partial charge is 0.102 e. The number of hydrogen-bond acceptors (Lipinski definition) is 0. The Hall–Kier alpha value is -1.56. The smallest absolute Gasteiger partial charge is 0.0205 e. The number of rotatable bonds is 1. The fraction of sp³-hybridized carbons (Fsp3) is 0.0769. The Kier molecular flexibility index (Phi) is 1.90. The van der Waals surface area contributed by atoms with Crippen LogP contribution in [0.25, 0.3) is 5.57 Å². The Morgan fingerprint density at radius 3 is 2.77 bits per heavy atom. The van der Waals surface area contributed by atoms with Gasteiger partial charge in [0, 0.05) is 5.92 Å². The van der Waals surface area contributed by atoms with Crippen LogP contribution in [0.4, 0.5) is 0 Å². The van der Waals surface area contributed by atoms with Crippen molar-refractivity contribution in [1.82, 2.24) is 0 Å². The Labute approximate surface area is 78.9 Å². The molecule has 0 fully saturated rings. The lowest BCUT2D eigenvalue weighted by Crippen LogP contribution is -2.00. The lowest BCUT2D eigenvalue weighted by Gasteiger charge is -2.18. The first-order valence-electron chi connectivity index (χ1n) is 4.42. The fourth-order valence-corrected chi connectivity index (χ4v) is 1.70. The van der Waals surface area contributed by atoms with Crippen molar-refractivity contribution < 1.29 is 0 Å². The van der Waals surface area contributed by atoms with Gasteiger partial charge in [-0.3, -0.25) is 0 Å². The summed E-state index contributed by atoms with van der Waals surface area (Å²) in [6.45, 7) is 7.83. The highest BCUT2D eigenvalue weighted by Gasteiger charge is 2.13. The monoisotopic (exact) mass is 168 g/mol. The van der Waals surface area contributed by atoms with Crippen molar-refractivity contribution >= 4 is 5.57 Å². The van der Waals surface area contributed by atoms with Crippen molar-refractivity contribution in [2.45, 2.75) is 5.92 Å². The summed E-state index contributed by atoms with van der Waals surface area (Å²) < 4.78 is 0. The van der Waals surface area contributed by atoms with Gasteiger partial charge in [-0.15, -0.1) is 6.58 Å². The van der Waals surface area contributed by atoms with Crippen molar-refractivity contribution in [1.29, 1.82) is 0 Å². The number of fused-ring (bicyclic) bond motifs is 1. The summed E-state index contributed by atoms with van der Waals surface area (Å²) in [6.07, 6.45) is 6.16. The van der Waals surface area contributed by atoms with E-state index in [0.717, 1.165) is 5.57 Å². The first-order valence-corrected chi connectivity index (χ1v) is 4.42. The third-order valence-electron chi connectivity index (χ3n) is 2.42. The van der Waals surface area contributed by atoms with E-state index in [1.165, 1.54) is 11.1 Å². The molecule has 0 spiro atoms. The fourth-order valence-electron chi connectivity index (χ4n) is 1.70. The molecule has 0 N–H and O–H groups in total. The molecule has 64 valence electrons. The average Bonchev–Trinajstić information content (AvgIpc) is 2.19. The summed E-state index contributed by atoms with van der Waals surface area (Å²) in [5, 5.41) is 0. The van der Waals surface area contributed by atoms with Crippen LogP contribution in [0.2, 0.25) is 0 Å². The molecular formula is C13H12. The van der Waals surface area contributed by atoms with Crippen LogP contribution in [0.5, 0.6) is 0 Å². The van der Waals surface area contributed by atoms with E-state index < -0.39 is 0 Å². The summed E-state index contributed by atoms with van der Waals surface area (Å²) in [5.41, 5.74) is 3.65. The van der Waals surface area contributed by atoms with E-state index in [-0.39, 0.29) is 0 Å². The SMILES string of the molecule is C=CC1C=CC(=C)c2ccccc21. The molecule has 2 rings (SSSR count). The molecule has 0 amide bonds. The normalized spacial score (nSPS) is 19.7. The van der Waals surface area contributed by atoms with E-state index in [0.29, 0.717) is 5.92 Å². The predicted molar refractivity (Wildman–Crippen MR) is 57.6 cm³/mol. The molecule has 0 saturated heterocycles. The average molecular weight is 168 g/mol. The molecular weight excluding hydrogens is 156 g/mol. The van der Waals surface area contributed by atoms with Crippen LogP contribution in [-0.2, 0) is 0 Å². The van der Waals surface area contributed by atoms with Crippen molar-refractivity contribution in [2.75, 3.05) is 0 Å². The van der Waals surface area contributed by atoms with Crippen LogP contribution in [0.1, 0.15) is 17.0 Å². The lowest BCUT2D eigenvalue weighted by molar-refractivity contribution is 1.07. The van der Waals surface area contributed by atoms with Crippen LogP contribution in [-0.4, -0.2) is 0 Å². The number of allylic oxidation sites excluding steroid dienone is 4. The molecule has 13 heavy (non-hydrogen) atoms. The summed E-state index contributed by atoms with van der Waals surface area (Å²) >= 11 is 0. The van der Waals surface area contributed by atoms with Crippen LogP contribution in [0, 0.1) is 0 Å². The van der Waals surface area contributed by atoms with Crippen molar-refractivity contribution in [2.24, 2.45) is 0 Å². The molecule has 0 bridgehead atoms. The molecule has 1 aliphatic rings. The Bertz CT molecular complexity index is 383. The van der Waals surface area contributed by atoms with Gasteiger partial charge in [0.05, 0.1) is 0 Å². The molecule has 0 nitrogen and oxygen atoms in total. The van der Waals surface area contributed by atoms with Gasteiger partial charge < -0.3 is 0 Å². The first kappa shape index (κ1) is 8.06. The second kappa shape index (κ2) is 3.06. The summed E-state index contributed by atoms with van der Waals surface area (Å²) in [6, 6.07) is 8.35. The highest BCUT2D eigenvalue weighted by Crippen LogP contribution is 2.32. The predicted octanol–water partition coefficient (Wildman–Crippen LogP) is 3.54. The highest BCUT2D eigenvalue weighted by molar-refractivity contribution is 5.77. The van der Waals surface area contributed by atoms with Gasteiger partial charge in [0.2, 0.25) is 0 Å². The van der Waals surface area contributed by atoms with Crippen molar-refractivity contribution in [3.63, 3.8) is 0 Å². The molecule has 0 heterocycles. The van der Waals surface area contributed by atoms with E-state index in [2.05, 4.69) is 43.5 Å². The van der Waals surface area contributed by atoms with Gasteiger partial charge in [-0.05, 0) is 16.7 Å². The van der Waals surface area contributed by atoms with Gasteiger partial charge >= 0.3 is 0 Å². The second-order valence-corrected chi connectivity index (χ2v) is 3.23. The zero-order chi connectivity index (χ0) is 9.26. The number of hydrogen-bond donors (Lipinski definition) is 0. The van der Waals surface area contributed by atoms with Gasteiger partial charge in [-0.25, -0.2) is 0 Å². The Balaban J connectivity index is 2.60. The third kappa shape index (κ3) is 1.25. The van der Waals surface area contributed by atoms with Crippen LogP contribution in [0.15, 0.2) is 55.7 Å². The maximum absolute atomic E-state index is 4.00. The quantitative estimate of drug-likeness (QED) is 0.563. The molecule has 0 aliphatic heterocycles. The highest BCUT2D eigenvalue weighted by atomic mass is 14.2. The minimum absolute atomic E-state index is 0.349. The van der Waals surface area contributed by atoms with E-state index in [1.54, 1.807) is 0 Å². The van der Waals surface area contributed by atoms with Gasteiger partial charge in [0.1, 0.15) is 0 Å². The zero-order valence-corrected chi connectivity index (χ0v) is 7.53. The molecule has 1 aliphatic carbocycles. The minimum atomic E-state index is 0.349. The van der Waals surface area contributed by atoms with Gasteiger partial charge in [-0.2, -0.15) is 0 Å². The van der Waals surface area contributed by atoms with Gasteiger partial charge in [0.15, 0.2) is 0 Å². The summed E-state index contributed by atoms with van der Waals surface area (Å²) in [7, 11) is 0. The molecule has 1 aromatic rings. The zero-order valence-electron chi connectivity index (χ0n) is 7.53. The van der Waals surface area contributed by atoms with Crippen molar-refractivity contribution in [3.05, 3.63) is 66.8 Å². The molecule has 0 radical (unpaired) electrons. The Morgan fingerprint density at radius 1 is 1.23 bits per heavy atom. The first-order chi connectivity index (χ1) is 6.33. The van der Waals surface area contributed by atoms with E-state index >= 15 is 0 Å². The maximum atomic E-state index is 4.00. The summed E-state index contributed by atoms with van der Waals surface area (Å²) in [4.78, 5) is 0. The maximum Gasteiger partial charge on any atom is 0.0205 e. The van der Waals surface area contributed by atoms with Crippen LogP contribution >= 0.6 is 0 Å². The minimum Gasteiger partial charge on any atom is -0.102 e. The summed E-state index contributed by atoms with van der Waals surface area (Å²) in [5.74, 6) is 0.349. The molecule has 0 saturated carbocycles. The molecule has 1 aromatic carbocycles. The van der Waals surface area contributed by atoms with Gasteiger partial charge in [-0.1, -0.05) is 49.1 Å². The molecule has 1 atom stereocenters. The lowest BCUT2D eigenvalue weighted by atomic mass is 9.86. The molecule has 0 aromatic heterocycles. The van der Waals surface area contributed by atoms with Crippen LogP contribution < -0.4 is 0 Å². The van der Waals surface area contributed by atoms with E-state index in [9.17, 15) is 0 Å². The van der Waals surface area contributed by atoms with E-state index in [4.69, 9.17) is 0 Å². The number of benzene rings is 1. The third-order valence-corrected chi connectivity index (χ3v) is 2.42. The van der Waals surface area contributed by atoms with Crippen molar-refractivity contribution in [3.8, 4) is 0 Å². The topological polar surface area (TPSA) is 0 Å².